The third-order valence-electron chi connectivity index (χ3n) is 5.73. The molecule has 1 aliphatic heterocycles. The molecule has 2 rings (SSSR count). The smallest absolute Gasteiger partial charge is 0.191 e. The van der Waals surface area contributed by atoms with Gasteiger partial charge in [-0.3, -0.25) is 9.89 Å². The minimum absolute atomic E-state index is 0. The van der Waals surface area contributed by atoms with E-state index in [9.17, 15) is 0 Å². The number of hydrogen-bond donors (Lipinski definition) is 2. The predicted octanol–water partition coefficient (Wildman–Crippen LogP) is 3.18. The lowest BCUT2D eigenvalue weighted by molar-refractivity contribution is 0.128. The molecule has 7 heteroatoms. The van der Waals surface area contributed by atoms with E-state index in [4.69, 9.17) is 9.73 Å². The van der Waals surface area contributed by atoms with E-state index >= 15 is 0 Å². The van der Waals surface area contributed by atoms with Crippen LogP contribution >= 0.6 is 24.0 Å². The highest BCUT2D eigenvalue weighted by molar-refractivity contribution is 14.0. The Morgan fingerprint density at radius 1 is 1.27 bits per heavy atom. The van der Waals surface area contributed by atoms with E-state index in [0.29, 0.717) is 12.1 Å². The molecule has 1 aromatic rings. The normalized spacial score (nSPS) is 16.9. The van der Waals surface area contributed by atoms with Crippen LogP contribution < -0.4 is 10.6 Å². The standard InChI is InChI=1S/C23H41N5O.HI/c1-5-24-23(26-22-12-15-28(16-13-22)17-18-29-4)25-14-11-20(2)27(3)19-21-9-7-6-8-10-21;/h6-10,20,22H,5,11-19H2,1-4H3,(H2,24,25,26);1H. The van der Waals surface area contributed by atoms with E-state index in [0.717, 1.165) is 71.1 Å². The fourth-order valence-corrected chi connectivity index (χ4v) is 3.65. The second-order valence-corrected chi connectivity index (χ2v) is 8.05. The molecule has 2 N–H and O–H groups in total. The summed E-state index contributed by atoms with van der Waals surface area (Å²) in [6.07, 6.45) is 3.37. The van der Waals surface area contributed by atoms with E-state index in [1.54, 1.807) is 7.11 Å². The second kappa shape index (κ2) is 15.8. The summed E-state index contributed by atoms with van der Waals surface area (Å²) in [6.45, 7) is 11.2. The van der Waals surface area contributed by atoms with E-state index in [1.807, 2.05) is 0 Å². The first-order chi connectivity index (χ1) is 14.1. The lowest BCUT2D eigenvalue weighted by atomic mass is 10.1. The van der Waals surface area contributed by atoms with Gasteiger partial charge in [0.1, 0.15) is 0 Å². The van der Waals surface area contributed by atoms with Gasteiger partial charge in [0.15, 0.2) is 5.96 Å². The average molecular weight is 532 g/mol. The fraction of sp³-hybridized carbons (Fsp3) is 0.696. The maximum absolute atomic E-state index is 5.19. The molecule has 1 saturated heterocycles. The first-order valence-corrected chi connectivity index (χ1v) is 11.1. The number of rotatable bonds is 11. The zero-order valence-electron chi connectivity index (χ0n) is 19.3. The fourth-order valence-electron chi connectivity index (χ4n) is 3.65. The number of nitrogens with zero attached hydrogens (tertiary/aromatic N) is 3. The van der Waals surface area contributed by atoms with Gasteiger partial charge in [0, 0.05) is 58.5 Å². The minimum atomic E-state index is 0. The second-order valence-electron chi connectivity index (χ2n) is 8.05. The molecule has 1 atom stereocenters. The van der Waals surface area contributed by atoms with Crippen LogP contribution in [0.15, 0.2) is 35.3 Å². The molecule has 6 nitrogen and oxygen atoms in total. The zero-order valence-corrected chi connectivity index (χ0v) is 21.6. The van der Waals surface area contributed by atoms with E-state index in [1.165, 1.54) is 5.56 Å². The number of ether oxygens (including phenoxy) is 1. The Hall–Kier alpha value is -0.900. The molecule has 1 aromatic carbocycles. The number of halogens is 1. The molecule has 30 heavy (non-hydrogen) atoms. The number of piperidine rings is 1. The van der Waals surface area contributed by atoms with Crippen LogP contribution in [0.25, 0.3) is 0 Å². The minimum Gasteiger partial charge on any atom is -0.383 e. The molecule has 0 radical (unpaired) electrons. The van der Waals surface area contributed by atoms with E-state index in [2.05, 4.69) is 71.7 Å². The Bertz CT molecular complexity index is 578. The van der Waals surface area contributed by atoms with Crippen molar-refractivity contribution >= 4 is 29.9 Å². The van der Waals surface area contributed by atoms with Gasteiger partial charge in [0.05, 0.1) is 6.61 Å². The highest BCUT2D eigenvalue weighted by atomic mass is 127. The first kappa shape index (κ1) is 27.1. The van der Waals surface area contributed by atoms with Crippen LogP contribution in [0.1, 0.15) is 38.7 Å². The number of aliphatic imine (C=N–C) groups is 1. The van der Waals surface area contributed by atoms with Gasteiger partial charge in [-0.05, 0) is 45.7 Å². The SMILES string of the molecule is CCNC(=NCCC(C)N(C)Cc1ccccc1)NC1CCN(CCOC)CC1.I. The van der Waals surface area contributed by atoms with Gasteiger partial charge in [0.2, 0.25) is 0 Å². The molecule has 0 spiro atoms. The molecule has 0 saturated carbocycles. The summed E-state index contributed by atoms with van der Waals surface area (Å²) in [7, 11) is 3.97. The maximum Gasteiger partial charge on any atom is 0.191 e. The number of likely N-dealkylation sites (tertiary alicyclic amines) is 1. The molecule has 1 heterocycles. The summed E-state index contributed by atoms with van der Waals surface area (Å²) in [5.41, 5.74) is 1.36. The molecule has 1 unspecified atom stereocenters. The Labute approximate surface area is 200 Å². The molecule has 0 amide bonds. The summed E-state index contributed by atoms with van der Waals surface area (Å²) in [6, 6.07) is 11.7. The van der Waals surface area contributed by atoms with Crippen LogP contribution in [-0.2, 0) is 11.3 Å². The lowest BCUT2D eigenvalue weighted by Gasteiger charge is -2.33. The molecule has 1 aliphatic rings. The quantitative estimate of drug-likeness (QED) is 0.261. The number of hydrogen-bond acceptors (Lipinski definition) is 4. The van der Waals surface area contributed by atoms with Gasteiger partial charge in [-0.1, -0.05) is 30.3 Å². The Morgan fingerprint density at radius 2 is 1.97 bits per heavy atom. The molecular weight excluding hydrogens is 489 g/mol. The van der Waals surface area contributed by atoms with Crippen molar-refractivity contribution < 1.29 is 4.74 Å². The van der Waals surface area contributed by atoms with Gasteiger partial charge in [0.25, 0.3) is 0 Å². The molecule has 0 bridgehead atoms. The van der Waals surface area contributed by atoms with Crippen molar-refractivity contribution in [2.75, 3.05) is 53.5 Å². The van der Waals surface area contributed by atoms with Crippen LogP contribution in [0.4, 0.5) is 0 Å². The van der Waals surface area contributed by atoms with Crippen LogP contribution in [0, 0.1) is 0 Å². The van der Waals surface area contributed by atoms with Gasteiger partial charge >= 0.3 is 0 Å². The molecular formula is C23H42IN5O. The van der Waals surface area contributed by atoms with Crippen molar-refractivity contribution in [3.05, 3.63) is 35.9 Å². The molecule has 0 aromatic heterocycles. The van der Waals surface area contributed by atoms with Crippen LogP contribution in [-0.4, -0.2) is 81.3 Å². The van der Waals surface area contributed by atoms with Crippen LogP contribution in [0.5, 0.6) is 0 Å². The molecule has 0 aliphatic carbocycles. The van der Waals surface area contributed by atoms with Crippen molar-refractivity contribution in [1.29, 1.82) is 0 Å². The highest BCUT2D eigenvalue weighted by Crippen LogP contribution is 2.11. The zero-order chi connectivity index (χ0) is 20.9. The van der Waals surface area contributed by atoms with Crippen LogP contribution in [0.3, 0.4) is 0 Å². The Balaban J connectivity index is 0.00000450. The van der Waals surface area contributed by atoms with Gasteiger partial charge in [-0.2, -0.15) is 0 Å². The van der Waals surface area contributed by atoms with Crippen molar-refractivity contribution in [3.8, 4) is 0 Å². The van der Waals surface area contributed by atoms with Crippen molar-refractivity contribution in [2.45, 2.75) is 51.7 Å². The number of guanidine groups is 1. The molecule has 172 valence electrons. The largest absolute Gasteiger partial charge is 0.383 e. The van der Waals surface area contributed by atoms with Crippen LogP contribution in [0.2, 0.25) is 0 Å². The van der Waals surface area contributed by atoms with Gasteiger partial charge in [-0.25, -0.2) is 0 Å². The summed E-state index contributed by atoms with van der Waals surface area (Å²) in [4.78, 5) is 9.73. The average Bonchev–Trinajstić information content (AvgIpc) is 2.74. The lowest BCUT2D eigenvalue weighted by Crippen LogP contribution is -2.49. The van der Waals surface area contributed by atoms with E-state index in [-0.39, 0.29) is 24.0 Å². The number of nitrogens with one attached hydrogen (secondary N) is 2. The Kier molecular flexibility index (Phi) is 14.3. The van der Waals surface area contributed by atoms with Gasteiger partial charge < -0.3 is 20.3 Å². The number of methoxy groups -OCH3 is 1. The monoisotopic (exact) mass is 531 g/mol. The first-order valence-electron chi connectivity index (χ1n) is 11.1. The molecule has 1 fully saturated rings. The summed E-state index contributed by atoms with van der Waals surface area (Å²) >= 11 is 0. The topological polar surface area (TPSA) is 52.1 Å². The third-order valence-corrected chi connectivity index (χ3v) is 5.73. The predicted molar refractivity (Wildman–Crippen MR) is 138 cm³/mol. The summed E-state index contributed by atoms with van der Waals surface area (Å²) in [5, 5.41) is 7.05. The summed E-state index contributed by atoms with van der Waals surface area (Å²) in [5.74, 6) is 0.959. The van der Waals surface area contributed by atoms with Gasteiger partial charge in [-0.15, -0.1) is 24.0 Å². The van der Waals surface area contributed by atoms with Crippen molar-refractivity contribution in [2.24, 2.45) is 4.99 Å². The summed E-state index contributed by atoms with van der Waals surface area (Å²) < 4.78 is 5.19. The third kappa shape index (κ3) is 10.4. The number of benzene rings is 1. The maximum atomic E-state index is 5.19. The Morgan fingerprint density at radius 3 is 2.60 bits per heavy atom. The van der Waals surface area contributed by atoms with E-state index < -0.39 is 0 Å². The van der Waals surface area contributed by atoms with Crippen molar-refractivity contribution in [3.63, 3.8) is 0 Å². The highest BCUT2D eigenvalue weighted by Gasteiger charge is 2.19. The van der Waals surface area contributed by atoms with Crippen molar-refractivity contribution in [1.82, 2.24) is 20.4 Å².